The second-order valence-corrected chi connectivity index (χ2v) is 4.25. The molecule has 0 aromatic heterocycles. The Kier molecular flexibility index (Phi) is 6.01. The molecule has 0 aliphatic carbocycles. The molecule has 17 heavy (non-hydrogen) atoms. The molecule has 0 amide bonds. The Morgan fingerprint density at radius 1 is 1.18 bits per heavy atom. The van der Waals surface area contributed by atoms with Gasteiger partial charge in [0.2, 0.25) is 0 Å². The molecule has 2 unspecified atom stereocenters. The van der Waals surface area contributed by atoms with Gasteiger partial charge in [0.25, 0.3) is 0 Å². The molecule has 3 heteroatoms. The van der Waals surface area contributed by atoms with Crippen LogP contribution in [0, 0.1) is 0 Å². The number of para-hydroxylation sites is 1. The van der Waals surface area contributed by atoms with Gasteiger partial charge in [-0.15, -0.1) is 0 Å². The Morgan fingerprint density at radius 2 is 1.88 bits per heavy atom. The summed E-state index contributed by atoms with van der Waals surface area (Å²) >= 11 is 0. The van der Waals surface area contributed by atoms with Crippen LogP contribution in [-0.2, 0) is 11.2 Å². The third-order valence-electron chi connectivity index (χ3n) is 3.13. The van der Waals surface area contributed by atoms with Gasteiger partial charge >= 0.3 is 0 Å². The largest absolute Gasteiger partial charge is 0.496 e. The molecule has 0 heterocycles. The summed E-state index contributed by atoms with van der Waals surface area (Å²) in [5.41, 5.74) is 1.24. The maximum atomic E-state index is 5.32. The van der Waals surface area contributed by atoms with Crippen LogP contribution in [0.4, 0.5) is 0 Å². The summed E-state index contributed by atoms with van der Waals surface area (Å²) in [6.07, 6.45) is 1.19. The van der Waals surface area contributed by atoms with Crippen molar-refractivity contribution in [1.29, 1.82) is 0 Å². The van der Waals surface area contributed by atoms with E-state index in [9.17, 15) is 0 Å². The van der Waals surface area contributed by atoms with Crippen LogP contribution in [0.2, 0.25) is 0 Å². The topological polar surface area (TPSA) is 30.5 Å². The van der Waals surface area contributed by atoms with Gasteiger partial charge in [0.1, 0.15) is 5.75 Å². The Bertz CT molecular complexity index is 328. The van der Waals surface area contributed by atoms with Gasteiger partial charge in [0, 0.05) is 13.2 Å². The summed E-state index contributed by atoms with van der Waals surface area (Å²) in [6.45, 7) is 5.13. The fourth-order valence-corrected chi connectivity index (χ4v) is 1.71. The predicted molar refractivity (Wildman–Crippen MR) is 70.6 cm³/mol. The summed E-state index contributed by atoms with van der Waals surface area (Å²) in [4.78, 5) is 0. The minimum atomic E-state index is 0.229. The van der Waals surface area contributed by atoms with Crippen molar-refractivity contribution in [3.8, 4) is 5.75 Å². The molecule has 0 bridgehead atoms. The van der Waals surface area contributed by atoms with E-state index in [-0.39, 0.29) is 6.10 Å². The molecule has 2 atom stereocenters. The van der Waals surface area contributed by atoms with Crippen LogP contribution >= 0.6 is 0 Å². The quantitative estimate of drug-likeness (QED) is 0.789. The number of nitrogens with one attached hydrogen (secondary N) is 1. The van der Waals surface area contributed by atoms with E-state index in [0.29, 0.717) is 6.04 Å². The van der Waals surface area contributed by atoms with E-state index in [1.807, 2.05) is 18.2 Å². The molecule has 1 aromatic carbocycles. The van der Waals surface area contributed by atoms with E-state index >= 15 is 0 Å². The van der Waals surface area contributed by atoms with Crippen molar-refractivity contribution in [3.63, 3.8) is 0 Å². The average molecular weight is 237 g/mol. The van der Waals surface area contributed by atoms with Gasteiger partial charge in [-0.2, -0.15) is 0 Å². The summed E-state index contributed by atoms with van der Waals surface area (Å²) in [6, 6.07) is 8.49. The first-order valence-electron chi connectivity index (χ1n) is 6.07. The molecular weight excluding hydrogens is 214 g/mol. The molecule has 3 nitrogen and oxygen atoms in total. The lowest BCUT2D eigenvalue weighted by Crippen LogP contribution is -2.37. The molecular formula is C14H23NO2. The van der Waals surface area contributed by atoms with E-state index in [1.54, 1.807) is 14.2 Å². The Balaban J connectivity index is 2.40. The van der Waals surface area contributed by atoms with Crippen molar-refractivity contribution >= 4 is 0 Å². The number of rotatable bonds is 7. The molecule has 0 aliphatic heterocycles. The van der Waals surface area contributed by atoms with Crippen LogP contribution in [0.5, 0.6) is 5.75 Å². The Hall–Kier alpha value is -1.06. The molecule has 0 fully saturated rings. The fourth-order valence-electron chi connectivity index (χ4n) is 1.71. The highest BCUT2D eigenvalue weighted by Crippen LogP contribution is 2.17. The first-order chi connectivity index (χ1) is 8.19. The number of benzene rings is 1. The molecule has 0 spiro atoms. The monoisotopic (exact) mass is 237 g/mol. The van der Waals surface area contributed by atoms with Gasteiger partial charge < -0.3 is 14.8 Å². The number of hydrogen-bond acceptors (Lipinski definition) is 3. The molecule has 0 saturated carbocycles. The van der Waals surface area contributed by atoms with Gasteiger partial charge in [-0.3, -0.25) is 0 Å². The minimum Gasteiger partial charge on any atom is -0.496 e. The van der Waals surface area contributed by atoms with Crippen LogP contribution in [0.1, 0.15) is 19.4 Å². The Labute approximate surface area is 104 Å². The van der Waals surface area contributed by atoms with Crippen LogP contribution < -0.4 is 10.1 Å². The lowest BCUT2D eigenvalue weighted by atomic mass is 10.1. The second-order valence-electron chi connectivity index (χ2n) is 4.25. The Morgan fingerprint density at radius 3 is 2.53 bits per heavy atom. The van der Waals surface area contributed by atoms with E-state index in [4.69, 9.17) is 9.47 Å². The third kappa shape index (κ3) is 4.36. The molecule has 1 N–H and O–H groups in total. The van der Waals surface area contributed by atoms with E-state index < -0.39 is 0 Å². The van der Waals surface area contributed by atoms with Crippen molar-refractivity contribution in [1.82, 2.24) is 5.32 Å². The molecule has 1 rings (SSSR count). The fraction of sp³-hybridized carbons (Fsp3) is 0.571. The van der Waals surface area contributed by atoms with Gasteiger partial charge in [0.15, 0.2) is 0 Å². The zero-order valence-electron chi connectivity index (χ0n) is 11.2. The summed E-state index contributed by atoms with van der Waals surface area (Å²) < 4.78 is 10.6. The van der Waals surface area contributed by atoms with Crippen LogP contribution in [0.3, 0.4) is 0 Å². The van der Waals surface area contributed by atoms with Gasteiger partial charge in [-0.1, -0.05) is 18.2 Å². The van der Waals surface area contributed by atoms with Crippen molar-refractivity contribution in [2.75, 3.05) is 20.8 Å². The van der Waals surface area contributed by atoms with Crippen LogP contribution in [0.25, 0.3) is 0 Å². The maximum absolute atomic E-state index is 5.32. The van der Waals surface area contributed by atoms with E-state index in [0.717, 1.165) is 18.7 Å². The van der Waals surface area contributed by atoms with Crippen LogP contribution in [0.15, 0.2) is 24.3 Å². The lowest BCUT2D eigenvalue weighted by molar-refractivity contribution is 0.0890. The third-order valence-corrected chi connectivity index (χ3v) is 3.13. The van der Waals surface area contributed by atoms with Crippen molar-refractivity contribution in [2.24, 2.45) is 0 Å². The van der Waals surface area contributed by atoms with Crippen molar-refractivity contribution < 1.29 is 9.47 Å². The lowest BCUT2D eigenvalue weighted by Gasteiger charge is -2.20. The molecule has 0 saturated heterocycles. The highest BCUT2D eigenvalue weighted by Gasteiger charge is 2.10. The number of methoxy groups -OCH3 is 2. The van der Waals surface area contributed by atoms with Gasteiger partial charge in [-0.05, 0) is 38.4 Å². The summed E-state index contributed by atoms with van der Waals surface area (Å²) in [5.74, 6) is 0.960. The molecule has 96 valence electrons. The summed E-state index contributed by atoms with van der Waals surface area (Å²) in [7, 11) is 3.45. The van der Waals surface area contributed by atoms with E-state index in [1.165, 1.54) is 5.56 Å². The SMILES string of the molecule is COc1ccccc1CCNC(C)C(C)OC. The number of hydrogen-bond donors (Lipinski definition) is 1. The van der Waals surface area contributed by atoms with E-state index in [2.05, 4.69) is 25.2 Å². The minimum absolute atomic E-state index is 0.229. The first-order valence-corrected chi connectivity index (χ1v) is 6.07. The standard InChI is InChI=1S/C14H23NO2/c1-11(12(2)16-3)15-10-9-13-7-5-6-8-14(13)17-4/h5-8,11-12,15H,9-10H2,1-4H3. The molecule has 0 radical (unpaired) electrons. The van der Waals surface area contributed by atoms with Crippen LogP contribution in [-0.4, -0.2) is 32.9 Å². The highest BCUT2D eigenvalue weighted by molar-refractivity contribution is 5.33. The van der Waals surface area contributed by atoms with Crippen molar-refractivity contribution in [2.45, 2.75) is 32.4 Å². The smallest absolute Gasteiger partial charge is 0.122 e. The average Bonchev–Trinajstić information content (AvgIpc) is 2.38. The zero-order valence-corrected chi connectivity index (χ0v) is 11.2. The molecule has 0 aliphatic rings. The normalized spacial score (nSPS) is 14.4. The van der Waals surface area contributed by atoms with Crippen molar-refractivity contribution in [3.05, 3.63) is 29.8 Å². The zero-order chi connectivity index (χ0) is 12.7. The maximum Gasteiger partial charge on any atom is 0.122 e. The second kappa shape index (κ2) is 7.30. The number of ether oxygens (including phenoxy) is 2. The predicted octanol–water partition coefficient (Wildman–Crippen LogP) is 2.25. The summed E-state index contributed by atoms with van der Waals surface area (Å²) in [5, 5.41) is 3.45. The molecule has 1 aromatic rings. The first kappa shape index (κ1) is 14.0. The van der Waals surface area contributed by atoms with Gasteiger partial charge in [0.05, 0.1) is 13.2 Å². The highest BCUT2D eigenvalue weighted by atomic mass is 16.5. The van der Waals surface area contributed by atoms with Gasteiger partial charge in [-0.25, -0.2) is 0 Å².